The quantitative estimate of drug-likeness (QED) is 0.627. The van der Waals surface area contributed by atoms with Crippen LogP contribution in [0.4, 0.5) is 5.69 Å². The van der Waals surface area contributed by atoms with Gasteiger partial charge in [-0.15, -0.1) is 0 Å². The summed E-state index contributed by atoms with van der Waals surface area (Å²) in [5.74, 6) is -0.394. The third-order valence-corrected chi connectivity index (χ3v) is 4.46. The van der Waals surface area contributed by atoms with Crippen molar-refractivity contribution in [1.29, 1.82) is 5.26 Å². The van der Waals surface area contributed by atoms with E-state index in [1.165, 1.54) is 0 Å². The molecule has 0 saturated carbocycles. The summed E-state index contributed by atoms with van der Waals surface area (Å²) in [5.41, 5.74) is 2.07. The Balaban J connectivity index is 1.65. The van der Waals surface area contributed by atoms with Crippen LogP contribution in [0.2, 0.25) is 0 Å². The van der Waals surface area contributed by atoms with Gasteiger partial charge in [0.2, 0.25) is 0 Å². The zero-order chi connectivity index (χ0) is 21.3. The molecule has 0 fully saturated rings. The van der Waals surface area contributed by atoms with Crippen molar-refractivity contribution < 1.29 is 14.3 Å². The topological polar surface area (TPSA) is 91.2 Å². The maximum absolute atomic E-state index is 12.8. The van der Waals surface area contributed by atoms with Gasteiger partial charge in [-0.25, -0.2) is 0 Å². The minimum Gasteiger partial charge on any atom is -0.482 e. The van der Waals surface area contributed by atoms with Crippen molar-refractivity contribution in [3.05, 3.63) is 95.6 Å². The van der Waals surface area contributed by atoms with Gasteiger partial charge in [-0.2, -0.15) is 5.26 Å². The molecular weight excluding hydrogens is 378 g/mol. The Morgan fingerprint density at radius 2 is 1.63 bits per heavy atom. The molecule has 0 heterocycles. The number of rotatable bonds is 7. The van der Waals surface area contributed by atoms with Crippen molar-refractivity contribution in [2.24, 2.45) is 0 Å². The van der Waals surface area contributed by atoms with E-state index in [4.69, 9.17) is 10.00 Å². The van der Waals surface area contributed by atoms with E-state index < -0.39 is 5.91 Å². The lowest BCUT2D eigenvalue weighted by atomic mass is 10.1. The van der Waals surface area contributed by atoms with Crippen LogP contribution in [0.1, 0.15) is 34.5 Å². The van der Waals surface area contributed by atoms with E-state index in [2.05, 4.69) is 10.6 Å². The molecule has 30 heavy (non-hydrogen) atoms. The van der Waals surface area contributed by atoms with Gasteiger partial charge < -0.3 is 15.4 Å². The predicted octanol–water partition coefficient (Wildman–Crippen LogP) is 4.07. The average Bonchev–Trinajstić information content (AvgIpc) is 2.78. The van der Waals surface area contributed by atoms with Crippen LogP contribution < -0.4 is 15.4 Å². The first-order chi connectivity index (χ1) is 14.6. The first kappa shape index (κ1) is 20.6. The summed E-state index contributed by atoms with van der Waals surface area (Å²) in [7, 11) is 0. The summed E-state index contributed by atoms with van der Waals surface area (Å²) >= 11 is 0. The summed E-state index contributed by atoms with van der Waals surface area (Å²) in [6.07, 6.45) is 0. The Kier molecular flexibility index (Phi) is 6.80. The second kappa shape index (κ2) is 9.89. The Morgan fingerprint density at radius 3 is 2.40 bits per heavy atom. The predicted molar refractivity (Wildman–Crippen MR) is 114 cm³/mol. The molecule has 0 aromatic heterocycles. The Morgan fingerprint density at radius 1 is 0.967 bits per heavy atom. The lowest BCUT2D eigenvalue weighted by Crippen LogP contribution is -2.28. The van der Waals surface area contributed by atoms with Crippen LogP contribution in [-0.4, -0.2) is 18.4 Å². The smallest absolute Gasteiger partial charge is 0.262 e. The van der Waals surface area contributed by atoms with Crippen LogP contribution >= 0.6 is 0 Å². The third-order valence-electron chi connectivity index (χ3n) is 4.46. The molecule has 0 aliphatic rings. The van der Waals surface area contributed by atoms with Crippen LogP contribution in [0, 0.1) is 11.3 Å². The highest BCUT2D eigenvalue weighted by molar-refractivity contribution is 6.04. The van der Waals surface area contributed by atoms with Crippen molar-refractivity contribution in [2.75, 3.05) is 11.9 Å². The van der Waals surface area contributed by atoms with Gasteiger partial charge >= 0.3 is 0 Å². The van der Waals surface area contributed by atoms with Crippen molar-refractivity contribution in [3.8, 4) is 11.8 Å². The molecule has 3 aromatic rings. The first-order valence-electron chi connectivity index (χ1n) is 9.45. The van der Waals surface area contributed by atoms with E-state index in [0.29, 0.717) is 22.6 Å². The van der Waals surface area contributed by atoms with Crippen molar-refractivity contribution >= 4 is 17.5 Å². The van der Waals surface area contributed by atoms with Crippen LogP contribution in [-0.2, 0) is 4.79 Å². The number of hydrogen-bond acceptors (Lipinski definition) is 4. The second-order valence-electron chi connectivity index (χ2n) is 6.60. The highest BCUT2D eigenvalue weighted by atomic mass is 16.5. The molecule has 1 atom stereocenters. The third kappa shape index (κ3) is 5.24. The molecule has 0 saturated heterocycles. The van der Waals surface area contributed by atoms with Gasteiger partial charge in [-0.05, 0) is 36.8 Å². The standard InChI is InChI=1S/C24H21N3O3/c1-17(18-9-3-2-4-10-18)26-24(29)20-12-6-7-13-21(20)27-23(28)16-30-22-14-8-5-11-19(22)15-25/h2-14,17H,16H2,1H3,(H,26,29)(H,27,28)/t17-/m1/s1. The molecule has 0 aliphatic carbocycles. The van der Waals surface area contributed by atoms with Crippen LogP contribution in [0.3, 0.4) is 0 Å². The normalized spacial score (nSPS) is 11.1. The van der Waals surface area contributed by atoms with Gasteiger partial charge in [0.1, 0.15) is 11.8 Å². The molecule has 3 rings (SSSR count). The van der Waals surface area contributed by atoms with Crippen LogP contribution in [0.15, 0.2) is 78.9 Å². The Hall–Kier alpha value is -4.11. The summed E-state index contributed by atoms with van der Waals surface area (Å²) in [6.45, 7) is 1.62. The van der Waals surface area contributed by atoms with Gasteiger partial charge in [-0.1, -0.05) is 54.6 Å². The summed E-state index contributed by atoms with van der Waals surface area (Å²) in [6, 6.07) is 24.9. The maximum atomic E-state index is 12.8. The molecule has 0 bridgehead atoms. The highest BCUT2D eigenvalue weighted by Gasteiger charge is 2.16. The largest absolute Gasteiger partial charge is 0.482 e. The van der Waals surface area contributed by atoms with Gasteiger partial charge in [0.15, 0.2) is 6.61 Å². The number of carbonyl (C=O) groups excluding carboxylic acids is 2. The summed E-state index contributed by atoms with van der Waals surface area (Å²) < 4.78 is 5.45. The minimum absolute atomic E-state index is 0.187. The van der Waals surface area contributed by atoms with E-state index in [1.54, 1.807) is 48.5 Å². The molecule has 6 heteroatoms. The zero-order valence-corrected chi connectivity index (χ0v) is 16.5. The van der Waals surface area contributed by atoms with E-state index in [1.807, 2.05) is 43.3 Å². The molecule has 2 amide bonds. The number of nitriles is 1. The average molecular weight is 399 g/mol. The molecule has 0 aliphatic heterocycles. The molecule has 0 spiro atoms. The monoisotopic (exact) mass is 399 g/mol. The molecule has 3 aromatic carbocycles. The van der Waals surface area contributed by atoms with Crippen molar-refractivity contribution in [2.45, 2.75) is 13.0 Å². The zero-order valence-electron chi connectivity index (χ0n) is 16.5. The van der Waals surface area contributed by atoms with E-state index in [0.717, 1.165) is 5.56 Å². The Labute approximate surface area is 175 Å². The highest BCUT2D eigenvalue weighted by Crippen LogP contribution is 2.19. The van der Waals surface area contributed by atoms with Crippen LogP contribution in [0.5, 0.6) is 5.75 Å². The molecule has 150 valence electrons. The van der Waals surface area contributed by atoms with E-state index in [9.17, 15) is 9.59 Å². The fraction of sp³-hybridized carbons (Fsp3) is 0.125. The molecule has 0 unspecified atom stereocenters. The fourth-order valence-corrected chi connectivity index (χ4v) is 2.90. The number of hydrogen-bond donors (Lipinski definition) is 2. The van der Waals surface area contributed by atoms with Gasteiger partial charge in [0.25, 0.3) is 11.8 Å². The fourth-order valence-electron chi connectivity index (χ4n) is 2.90. The lowest BCUT2D eigenvalue weighted by molar-refractivity contribution is -0.118. The first-order valence-corrected chi connectivity index (χ1v) is 9.45. The number of para-hydroxylation sites is 2. The molecule has 2 N–H and O–H groups in total. The van der Waals surface area contributed by atoms with Gasteiger partial charge in [0, 0.05) is 0 Å². The molecule has 0 radical (unpaired) electrons. The maximum Gasteiger partial charge on any atom is 0.262 e. The number of nitrogens with one attached hydrogen (secondary N) is 2. The number of nitrogens with zero attached hydrogens (tertiary/aromatic N) is 1. The summed E-state index contributed by atoms with van der Waals surface area (Å²) in [5, 5.41) is 14.7. The second-order valence-corrected chi connectivity index (χ2v) is 6.60. The SMILES string of the molecule is C[C@@H](NC(=O)c1ccccc1NC(=O)COc1ccccc1C#N)c1ccccc1. The van der Waals surface area contributed by atoms with Crippen molar-refractivity contribution in [3.63, 3.8) is 0 Å². The minimum atomic E-state index is -0.431. The van der Waals surface area contributed by atoms with E-state index in [-0.39, 0.29) is 18.6 Å². The molecular formula is C24H21N3O3. The Bertz CT molecular complexity index is 1070. The number of anilines is 1. The van der Waals surface area contributed by atoms with Gasteiger partial charge in [0.05, 0.1) is 22.9 Å². The number of amides is 2. The lowest BCUT2D eigenvalue weighted by Gasteiger charge is -2.16. The summed E-state index contributed by atoms with van der Waals surface area (Å²) in [4.78, 5) is 25.1. The van der Waals surface area contributed by atoms with E-state index >= 15 is 0 Å². The number of ether oxygens (including phenoxy) is 1. The number of carbonyl (C=O) groups is 2. The van der Waals surface area contributed by atoms with Crippen LogP contribution in [0.25, 0.3) is 0 Å². The van der Waals surface area contributed by atoms with Gasteiger partial charge in [-0.3, -0.25) is 9.59 Å². The van der Waals surface area contributed by atoms with Crippen molar-refractivity contribution in [1.82, 2.24) is 5.32 Å². The number of benzene rings is 3. The molecule has 6 nitrogen and oxygen atoms in total.